The van der Waals surface area contributed by atoms with Crippen LogP contribution in [-0.4, -0.2) is 14.9 Å². The zero-order chi connectivity index (χ0) is 15.8. The Labute approximate surface area is 129 Å². The van der Waals surface area contributed by atoms with Crippen LogP contribution in [0, 0.1) is 10.1 Å². The van der Waals surface area contributed by atoms with Crippen molar-refractivity contribution in [1.29, 1.82) is 0 Å². The van der Waals surface area contributed by atoms with E-state index in [1.807, 2.05) is 0 Å². The molecule has 0 saturated heterocycles. The summed E-state index contributed by atoms with van der Waals surface area (Å²) >= 11 is 0. The average molecular weight is 307 g/mol. The van der Waals surface area contributed by atoms with E-state index in [0.717, 1.165) is 0 Å². The fourth-order valence-electron chi connectivity index (χ4n) is 2.38. The van der Waals surface area contributed by atoms with E-state index in [9.17, 15) is 10.1 Å². The van der Waals surface area contributed by atoms with Gasteiger partial charge >= 0.3 is 0 Å². The first-order chi connectivity index (χ1) is 11.2. The van der Waals surface area contributed by atoms with Crippen LogP contribution in [0.3, 0.4) is 0 Å². The number of furan rings is 2. The number of hydrogen-bond donors (Lipinski definition) is 0. The van der Waals surface area contributed by atoms with Crippen LogP contribution in [0.15, 0.2) is 63.8 Å². The Balaban J connectivity index is 2.08. The topological polar surface area (TPSA) is 95.2 Å². The lowest BCUT2D eigenvalue weighted by atomic mass is 10.1. The highest BCUT2D eigenvalue weighted by Crippen LogP contribution is 2.33. The van der Waals surface area contributed by atoms with E-state index in [4.69, 9.17) is 8.83 Å². The molecule has 4 aromatic rings. The summed E-state index contributed by atoms with van der Waals surface area (Å²) in [5.41, 5.74) is 1.39. The molecule has 0 amide bonds. The van der Waals surface area contributed by atoms with Gasteiger partial charge in [0.2, 0.25) is 0 Å². The Kier molecular flexibility index (Phi) is 2.90. The minimum atomic E-state index is -0.477. The maximum atomic E-state index is 11.2. The molecule has 7 heteroatoms. The van der Waals surface area contributed by atoms with Crippen molar-refractivity contribution in [2.75, 3.05) is 0 Å². The maximum Gasteiger partial charge on any atom is 0.297 e. The third-order valence-corrected chi connectivity index (χ3v) is 3.38. The third kappa shape index (κ3) is 2.15. The van der Waals surface area contributed by atoms with Gasteiger partial charge in [0.05, 0.1) is 23.0 Å². The molecule has 112 valence electrons. The van der Waals surface area contributed by atoms with Gasteiger partial charge in [-0.05, 0) is 30.3 Å². The van der Waals surface area contributed by atoms with Crippen molar-refractivity contribution in [2.45, 2.75) is 0 Å². The summed E-state index contributed by atoms with van der Waals surface area (Å²) in [6.45, 7) is 0. The first-order valence-electron chi connectivity index (χ1n) is 6.77. The van der Waals surface area contributed by atoms with Gasteiger partial charge in [0.1, 0.15) is 11.4 Å². The number of non-ortho nitro benzene ring substituents is 1. The van der Waals surface area contributed by atoms with Crippen LogP contribution in [0.25, 0.3) is 33.9 Å². The first kappa shape index (κ1) is 13.2. The van der Waals surface area contributed by atoms with Crippen molar-refractivity contribution in [2.24, 2.45) is 0 Å². The molecule has 0 bridgehead atoms. The summed E-state index contributed by atoms with van der Waals surface area (Å²) in [6, 6.07) is 11.6. The molecule has 0 atom stereocenters. The molecule has 0 spiro atoms. The van der Waals surface area contributed by atoms with Gasteiger partial charge in [-0.25, -0.2) is 9.97 Å². The lowest BCUT2D eigenvalue weighted by molar-refractivity contribution is -0.383. The number of benzene rings is 1. The van der Waals surface area contributed by atoms with Gasteiger partial charge in [0, 0.05) is 6.07 Å². The highest BCUT2D eigenvalue weighted by Gasteiger charge is 2.21. The summed E-state index contributed by atoms with van der Waals surface area (Å²) in [4.78, 5) is 19.7. The van der Waals surface area contributed by atoms with E-state index in [-0.39, 0.29) is 11.2 Å². The Bertz CT molecular complexity index is 992. The van der Waals surface area contributed by atoms with Crippen LogP contribution < -0.4 is 0 Å². The number of hydrogen-bond acceptors (Lipinski definition) is 6. The molecule has 3 heterocycles. The van der Waals surface area contributed by atoms with Crippen molar-refractivity contribution in [3.8, 4) is 22.9 Å². The molecule has 0 unspecified atom stereocenters. The maximum absolute atomic E-state index is 11.2. The van der Waals surface area contributed by atoms with Gasteiger partial charge in [-0.2, -0.15) is 0 Å². The fraction of sp³-hybridized carbons (Fsp3) is 0. The largest absolute Gasteiger partial charge is 0.463 e. The number of aromatic nitrogens is 2. The Morgan fingerprint density at radius 3 is 2.09 bits per heavy atom. The average Bonchev–Trinajstić information content (AvgIpc) is 3.26. The van der Waals surface area contributed by atoms with Crippen molar-refractivity contribution in [3.63, 3.8) is 0 Å². The molecule has 23 heavy (non-hydrogen) atoms. The molecule has 0 N–H and O–H groups in total. The molecule has 0 fully saturated rings. The van der Waals surface area contributed by atoms with E-state index in [1.54, 1.807) is 36.4 Å². The molecule has 0 saturated carbocycles. The quantitative estimate of drug-likeness (QED) is 0.418. The van der Waals surface area contributed by atoms with Crippen molar-refractivity contribution >= 4 is 16.7 Å². The van der Waals surface area contributed by atoms with Crippen LogP contribution in [0.5, 0.6) is 0 Å². The number of fused-ring (bicyclic) bond motifs is 1. The Morgan fingerprint density at radius 1 is 0.870 bits per heavy atom. The molecule has 0 aliphatic rings. The minimum Gasteiger partial charge on any atom is -0.463 e. The van der Waals surface area contributed by atoms with E-state index in [2.05, 4.69) is 9.97 Å². The summed E-state index contributed by atoms with van der Waals surface area (Å²) in [5.74, 6) is 0.973. The lowest BCUT2D eigenvalue weighted by Gasteiger charge is -2.06. The second-order valence-electron chi connectivity index (χ2n) is 4.78. The zero-order valence-electron chi connectivity index (χ0n) is 11.7. The number of nitro groups is 1. The molecule has 7 nitrogen and oxygen atoms in total. The second-order valence-corrected chi connectivity index (χ2v) is 4.78. The summed E-state index contributed by atoms with van der Waals surface area (Å²) in [6.07, 6.45) is 3.03. The SMILES string of the molecule is O=[N+]([O-])c1cccc2nc(-c3ccco3)c(-c3ccco3)nc12. The third-order valence-electron chi connectivity index (χ3n) is 3.38. The van der Waals surface area contributed by atoms with Crippen molar-refractivity contribution < 1.29 is 13.8 Å². The molecule has 0 radical (unpaired) electrons. The minimum absolute atomic E-state index is 0.103. The predicted molar refractivity (Wildman–Crippen MR) is 81.6 cm³/mol. The van der Waals surface area contributed by atoms with Gasteiger partial charge in [-0.1, -0.05) is 6.07 Å². The number of nitro benzene ring substituents is 1. The van der Waals surface area contributed by atoms with Crippen LogP contribution in [0.2, 0.25) is 0 Å². The second kappa shape index (κ2) is 5.06. The van der Waals surface area contributed by atoms with Gasteiger partial charge in [0.15, 0.2) is 17.0 Å². The Hall–Kier alpha value is -3.48. The molecule has 1 aromatic carbocycles. The molecule has 0 aliphatic heterocycles. The van der Waals surface area contributed by atoms with Gasteiger partial charge < -0.3 is 8.83 Å². The van der Waals surface area contributed by atoms with Gasteiger partial charge in [-0.15, -0.1) is 0 Å². The van der Waals surface area contributed by atoms with E-state index >= 15 is 0 Å². The van der Waals surface area contributed by atoms with Crippen molar-refractivity contribution in [1.82, 2.24) is 9.97 Å². The summed E-state index contributed by atoms with van der Waals surface area (Å²) in [7, 11) is 0. The standard InChI is InChI=1S/C16H9N3O4/c20-19(21)11-5-1-4-10-14(11)18-16(13-7-3-9-23-13)15(17-10)12-6-2-8-22-12/h1-9H. The molecular formula is C16H9N3O4. The monoisotopic (exact) mass is 307 g/mol. The van der Waals surface area contributed by atoms with E-state index in [0.29, 0.717) is 28.4 Å². The molecular weight excluding hydrogens is 298 g/mol. The summed E-state index contributed by atoms with van der Waals surface area (Å²) < 4.78 is 10.8. The van der Waals surface area contributed by atoms with Crippen molar-refractivity contribution in [3.05, 3.63) is 65.1 Å². The van der Waals surface area contributed by atoms with E-state index < -0.39 is 4.92 Å². The van der Waals surface area contributed by atoms with Crippen LogP contribution >= 0.6 is 0 Å². The molecule has 4 rings (SSSR count). The van der Waals surface area contributed by atoms with E-state index in [1.165, 1.54) is 18.6 Å². The number of rotatable bonds is 3. The normalized spacial score (nSPS) is 11.0. The predicted octanol–water partition coefficient (Wildman–Crippen LogP) is 4.06. The summed E-state index contributed by atoms with van der Waals surface area (Å²) in [5, 5.41) is 11.2. The fourth-order valence-corrected chi connectivity index (χ4v) is 2.38. The molecule has 0 aliphatic carbocycles. The van der Waals surface area contributed by atoms with Crippen LogP contribution in [0.1, 0.15) is 0 Å². The number of para-hydroxylation sites is 1. The van der Waals surface area contributed by atoms with Crippen LogP contribution in [-0.2, 0) is 0 Å². The van der Waals surface area contributed by atoms with Gasteiger partial charge in [0.25, 0.3) is 5.69 Å². The first-order valence-corrected chi connectivity index (χ1v) is 6.77. The smallest absolute Gasteiger partial charge is 0.297 e. The lowest BCUT2D eigenvalue weighted by Crippen LogP contribution is -1.97. The highest BCUT2D eigenvalue weighted by atomic mass is 16.6. The number of nitrogens with zero attached hydrogens (tertiary/aromatic N) is 3. The highest BCUT2D eigenvalue weighted by molar-refractivity contribution is 5.89. The zero-order valence-corrected chi connectivity index (χ0v) is 11.7. The van der Waals surface area contributed by atoms with Gasteiger partial charge in [-0.3, -0.25) is 10.1 Å². The van der Waals surface area contributed by atoms with Crippen LogP contribution in [0.4, 0.5) is 5.69 Å². The molecule has 3 aromatic heterocycles. The Morgan fingerprint density at radius 2 is 1.52 bits per heavy atom.